The largest absolute Gasteiger partial charge is 0.465 e. The number of rotatable bonds is 2. The molecule has 1 aromatic carbocycles. The van der Waals surface area contributed by atoms with Crippen molar-refractivity contribution in [3.05, 3.63) is 35.6 Å². The molecule has 3 nitrogen and oxygen atoms in total. The summed E-state index contributed by atoms with van der Waals surface area (Å²) in [7, 11) is 1.38. The number of benzene rings is 1. The lowest BCUT2D eigenvalue weighted by Crippen LogP contribution is -2.00. The number of esters is 1. The van der Waals surface area contributed by atoms with Crippen LogP contribution < -0.4 is 0 Å². The first-order valence-corrected chi connectivity index (χ1v) is 4.84. The summed E-state index contributed by atoms with van der Waals surface area (Å²) < 4.78 is 10.0. The maximum atomic E-state index is 11.3. The molecule has 15 heavy (non-hydrogen) atoms. The number of carbonyl (C=O) groups is 1. The van der Waals surface area contributed by atoms with Gasteiger partial charge in [-0.25, -0.2) is 4.79 Å². The molecule has 3 heteroatoms. The Balaban J connectivity index is 2.57. The van der Waals surface area contributed by atoms with Gasteiger partial charge in [-0.3, -0.25) is 0 Å². The highest BCUT2D eigenvalue weighted by Gasteiger charge is 2.09. The first-order chi connectivity index (χ1) is 7.26. The second-order valence-electron chi connectivity index (χ2n) is 3.32. The van der Waals surface area contributed by atoms with Gasteiger partial charge >= 0.3 is 5.97 Å². The molecule has 0 saturated heterocycles. The number of ether oxygens (including phenoxy) is 1. The molecule has 0 aliphatic heterocycles. The molecule has 0 unspecified atom stereocenters. The maximum Gasteiger partial charge on any atom is 0.337 e. The summed E-state index contributed by atoms with van der Waals surface area (Å²) in [5.74, 6) is -0.319. The summed E-state index contributed by atoms with van der Waals surface area (Å²) in [5.41, 5.74) is 2.47. The summed E-state index contributed by atoms with van der Waals surface area (Å²) in [4.78, 5) is 11.3. The van der Waals surface area contributed by atoms with Crippen molar-refractivity contribution >= 4 is 16.9 Å². The minimum atomic E-state index is -0.319. The highest BCUT2D eigenvalue weighted by molar-refractivity contribution is 5.95. The van der Waals surface area contributed by atoms with Crippen LogP contribution in [0.2, 0.25) is 0 Å². The van der Waals surface area contributed by atoms with Gasteiger partial charge in [0.1, 0.15) is 5.58 Å². The van der Waals surface area contributed by atoms with Crippen LogP contribution in [0.3, 0.4) is 0 Å². The molecular formula is C12H12O3. The molecule has 0 amide bonds. The molecule has 0 fully saturated rings. The second kappa shape index (κ2) is 3.77. The van der Waals surface area contributed by atoms with E-state index >= 15 is 0 Å². The molecular weight excluding hydrogens is 192 g/mol. The van der Waals surface area contributed by atoms with Crippen molar-refractivity contribution in [2.24, 2.45) is 0 Å². The van der Waals surface area contributed by atoms with E-state index in [4.69, 9.17) is 4.42 Å². The molecule has 2 rings (SSSR count). The SMILES string of the molecule is CCc1coc2ccc(C(=O)OC)cc12. The van der Waals surface area contributed by atoms with Gasteiger partial charge in [-0.2, -0.15) is 0 Å². The van der Waals surface area contributed by atoms with Crippen LogP contribution in [0, 0.1) is 0 Å². The number of hydrogen-bond acceptors (Lipinski definition) is 3. The Kier molecular flexibility index (Phi) is 2.46. The lowest BCUT2D eigenvalue weighted by Gasteiger charge is -1.99. The maximum absolute atomic E-state index is 11.3. The standard InChI is InChI=1S/C12H12O3/c1-3-8-7-15-11-5-4-9(6-10(8)11)12(13)14-2/h4-7H,3H2,1-2H3. The van der Waals surface area contributed by atoms with E-state index in [1.165, 1.54) is 7.11 Å². The Labute approximate surface area is 87.6 Å². The Morgan fingerprint density at radius 3 is 2.93 bits per heavy atom. The van der Waals surface area contributed by atoms with Gasteiger partial charge in [-0.05, 0) is 30.2 Å². The van der Waals surface area contributed by atoms with Gasteiger partial charge in [0.2, 0.25) is 0 Å². The summed E-state index contributed by atoms with van der Waals surface area (Å²) in [6.45, 7) is 2.05. The summed E-state index contributed by atoms with van der Waals surface area (Å²) in [5, 5.41) is 0.986. The van der Waals surface area contributed by atoms with E-state index in [2.05, 4.69) is 11.7 Å². The predicted molar refractivity (Wildman–Crippen MR) is 56.9 cm³/mol. The van der Waals surface area contributed by atoms with Crippen LogP contribution in [-0.2, 0) is 11.2 Å². The number of aryl methyl sites for hydroxylation is 1. The minimum Gasteiger partial charge on any atom is -0.465 e. The van der Waals surface area contributed by atoms with Crippen molar-refractivity contribution in [3.63, 3.8) is 0 Å². The van der Waals surface area contributed by atoms with Gasteiger partial charge in [-0.15, -0.1) is 0 Å². The van der Waals surface area contributed by atoms with Crippen LogP contribution in [0.4, 0.5) is 0 Å². The number of hydrogen-bond donors (Lipinski definition) is 0. The van der Waals surface area contributed by atoms with Crippen LogP contribution in [0.15, 0.2) is 28.9 Å². The number of fused-ring (bicyclic) bond motifs is 1. The third kappa shape index (κ3) is 1.61. The van der Waals surface area contributed by atoms with E-state index in [0.717, 1.165) is 23.0 Å². The Bertz CT molecular complexity index is 497. The van der Waals surface area contributed by atoms with E-state index < -0.39 is 0 Å². The van der Waals surface area contributed by atoms with Gasteiger partial charge in [0.05, 0.1) is 18.9 Å². The van der Waals surface area contributed by atoms with Gasteiger partial charge < -0.3 is 9.15 Å². The molecule has 1 aromatic heterocycles. The zero-order valence-corrected chi connectivity index (χ0v) is 8.74. The molecule has 0 aliphatic carbocycles. The Morgan fingerprint density at radius 1 is 1.47 bits per heavy atom. The smallest absolute Gasteiger partial charge is 0.337 e. The Hall–Kier alpha value is -1.77. The van der Waals surface area contributed by atoms with Gasteiger partial charge in [0.25, 0.3) is 0 Å². The number of methoxy groups -OCH3 is 1. The van der Waals surface area contributed by atoms with E-state index in [-0.39, 0.29) is 5.97 Å². The van der Waals surface area contributed by atoms with E-state index in [0.29, 0.717) is 5.56 Å². The van der Waals surface area contributed by atoms with Crippen LogP contribution in [0.1, 0.15) is 22.8 Å². The highest BCUT2D eigenvalue weighted by Crippen LogP contribution is 2.23. The molecule has 0 radical (unpaired) electrons. The van der Waals surface area contributed by atoms with Crippen molar-refractivity contribution in [3.8, 4) is 0 Å². The van der Waals surface area contributed by atoms with Crippen LogP contribution >= 0.6 is 0 Å². The van der Waals surface area contributed by atoms with Gasteiger partial charge in [0.15, 0.2) is 0 Å². The van der Waals surface area contributed by atoms with Crippen molar-refractivity contribution in [1.29, 1.82) is 0 Å². The van der Waals surface area contributed by atoms with Crippen LogP contribution in [0.25, 0.3) is 11.0 Å². The molecule has 0 spiro atoms. The van der Waals surface area contributed by atoms with Crippen LogP contribution in [0.5, 0.6) is 0 Å². The summed E-state index contributed by atoms with van der Waals surface area (Å²) in [6, 6.07) is 5.31. The zero-order valence-electron chi connectivity index (χ0n) is 8.74. The predicted octanol–water partition coefficient (Wildman–Crippen LogP) is 2.78. The van der Waals surface area contributed by atoms with E-state index in [1.54, 1.807) is 18.4 Å². The lowest BCUT2D eigenvalue weighted by atomic mass is 10.1. The van der Waals surface area contributed by atoms with Crippen LogP contribution in [-0.4, -0.2) is 13.1 Å². The fourth-order valence-electron chi connectivity index (χ4n) is 1.60. The average molecular weight is 204 g/mol. The molecule has 78 valence electrons. The number of furan rings is 1. The monoisotopic (exact) mass is 204 g/mol. The number of carbonyl (C=O) groups excluding carboxylic acids is 1. The molecule has 0 atom stereocenters. The van der Waals surface area contributed by atoms with Crippen molar-refractivity contribution in [1.82, 2.24) is 0 Å². The molecule has 0 N–H and O–H groups in total. The summed E-state index contributed by atoms with van der Waals surface area (Å²) in [6.07, 6.45) is 2.61. The topological polar surface area (TPSA) is 39.4 Å². The second-order valence-corrected chi connectivity index (χ2v) is 3.32. The fraction of sp³-hybridized carbons (Fsp3) is 0.250. The van der Waals surface area contributed by atoms with Crippen molar-refractivity contribution in [2.75, 3.05) is 7.11 Å². The van der Waals surface area contributed by atoms with Gasteiger partial charge in [-0.1, -0.05) is 6.92 Å². The van der Waals surface area contributed by atoms with E-state index in [1.807, 2.05) is 6.07 Å². The average Bonchev–Trinajstić information content (AvgIpc) is 2.69. The third-order valence-corrected chi connectivity index (χ3v) is 2.46. The van der Waals surface area contributed by atoms with E-state index in [9.17, 15) is 4.79 Å². The molecule has 1 heterocycles. The zero-order chi connectivity index (χ0) is 10.8. The quantitative estimate of drug-likeness (QED) is 0.706. The van der Waals surface area contributed by atoms with Crippen molar-refractivity contribution < 1.29 is 13.9 Å². The molecule has 2 aromatic rings. The Morgan fingerprint density at radius 2 is 2.27 bits per heavy atom. The normalized spacial score (nSPS) is 10.5. The van der Waals surface area contributed by atoms with Gasteiger partial charge in [0, 0.05) is 5.39 Å². The van der Waals surface area contributed by atoms with Crippen molar-refractivity contribution in [2.45, 2.75) is 13.3 Å². The first-order valence-electron chi connectivity index (χ1n) is 4.84. The first kappa shape index (κ1) is 9.77. The summed E-state index contributed by atoms with van der Waals surface area (Å²) >= 11 is 0. The molecule has 0 saturated carbocycles. The highest BCUT2D eigenvalue weighted by atomic mass is 16.5. The molecule has 0 bridgehead atoms. The minimum absolute atomic E-state index is 0.319. The molecule has 0 aliphatic rings. The lowest BCUT2D eigenvalue weighted by molar-refractivity contribution is 0.0601. The fourth-order valence-corrected chi connectivity index (χ4v) is 1.60. The third-order valence-electron chi connectivity index (χ3n) is 2.46.